The number of halogens is 2. The Hall–Kier alpha value is -2.48. The van der Waals surface area contributed by atoms with E-state index in [1.807, 2.05) is 24.3 Å². The quantitative estimate of drug-likeness (QED) is 0.618. The number of hydrogen-bond donors (Lipinski definition) is 1. The first kappa shape index (κ1) is 23.2. The summed E-state index contributed by atoms with van der Waals surface area (Å²) in [5.74, 6) is 1.92. The lowest BCUT2D eigenvalue weighted by Crippen LogP contribution is -2.41. The third-order valence-electron chi connectivity index (χ3n) is 5.81. The summed E-state index contributed by atoms with van der Waals surface area (Å²) in [6.45, 7) is 0. The van der Waals surface area contributed by atoms with Crippen LogP contribution in [0.15, 0.2) is 48.5 Å². The maximum absolute atomic E-state index is 14.6. The molecule has 8 heteroatoms. The van der Waals surface area contributed by atoms with E-state index in [-0.39, 0.29) is 36.3 Å². The summed E-state index contributed by atoms with van der Waals surface area (Å²) in [5.41, 5.74) is 7.58. The van der Waals surface area contributed by atoms with Gasteiger partial charge in [-0.15, -0.1) is 12.4 Å². The van der Waals surface area contributed by atoms with Gasteiger partial charge in [0.05, 0.1) is 13.2 Å². The van der Waals surface area contributed by atoms with Gasteiger partial charge in [0, 0.05) is 31.1 Å². The average molecular weight is 447 g/mol. The molecule has 0 bridgehead atoms. The molecule has 3 aromatic rings. The minimum Gasteiger partial charge on any atom is -0.496 e. The van der Waals surface area contributed by atoms with E-state index in [9.17, 15) is 4.39 Å². The number of benzene rings is 2. The average Bonchev–Trinajstić information content (AvgIpc) is 3.18. The van der Waals surface area contributed by atoms with Gasteiger partial charge in [0.25, 0.3) is 0 Å². The predicted molar refractivity (Wildman–Crippen MR) is 120 cm³/mol. The molecule has 31 heavy (non-hydrogen) atoms. The van der Waals surface area contributed by atoms with Crippen molar-refractivity contribution in [2.45, 2.75) is 43.7 Å². The number of rotatable bonds is 6. The highest BCUT2D eigenvalue weighted by Gasteiger charge is 2.33. The summed E-state index contributed by atoms with van der Waals surface area (Å²) < 4.78 is 27.3. The lowest BCUT2D eigenvalue weighted by molar-refractivity contribution is 0.0459. The van der Waals surface area contributed by atoms with Crippen LogP contribution in [0.2, 0.25) is 0 Å². The number of para-hydroxylation sites is 2. The molecule has 0 aliphatic heterocycles. The monoisotopic (exact) mass is 446 g/mol. The third-order valence-corrected chi connectivity index (χ3v) is 5.81. The van der Waals surface area contributed by atoms with Crippen molar-refractivity contribution in [2.24, 2.45) is 5.73 Å². The minimum absolute atomic E-state index is 0. The summed E-state index contributed by atoms with van der Waals surface area (Å²) in [6, 6.07) is 14.4. The Bertz CT molecular complexity index is 1010. The Kier molecular flexibility index (Phi) is 7.64. The van der Waals surface area contributed by atoms with Crippen LogP contribution in [0.25, 0.3) is 5.69 Å². The van der Waals surface area contributed by atoms with Crippen LogP contribution in [0, 0.1) is 5.82 Å². The number of methoxy groups -OCH3 is 2. The van der Waals surface area contributed by atoms with E-state index in [0.717, 1.165) is 36.4 Å². The second-order valence-electron chi connectivity index (χ2n) is 7.69. The number of nitrogens with two attached hydrogens (primary N) is 1. The molecule has 1 aliphatic rings. The molecule has 1 heterocycles. The standard InChI is InChI=1S/C23H27FN4O2.ClH/c1-29-20-10-6-3-7-15(20)14-22-26-23(16-11-12-18(25)21(13-16)30-2)28(27-22)19-9-5-4-8-17(19)24;/h3-10,16,18,21H,11-14,25H2,1-2H3;1H/t16-,18+,21+;/m0./s1. The van der Waals surface area contributed by atoms with Crippen molar-refractivity contribution in [3.05, 3.63) is 71.6 Å². The molecule has 0 amide bonds. The number of aromatic nitrogens is 3. The number of hydrogen-bond acceptors (Lipinski definition) is 5. The number of ether oxygens (including phenoxy) is 2. The van der Waals surface area contributed by atoms with E-state index >= 15 is 0 Å². The summed E-state index contributed by atoms with van der Waals surface area (Å²) in [5, 5.41) is 4.69. The number of nitrogens with zero attached hydrogens (tertiary/aromatic N) is 3. The van der Waals surface area contributed by atoms with Crippen molar-refractivity contribution in [1.82, 2.24) is 14.8 Å². The smallest absolute Gasteiger partial charge is 0.155 e. The zero-order valence-electron chi connectivity index (χ0n) is 17.7. The van der Waals surface area contributed by atoms with Gasteiger partial charge in [0.15, 0.2) is 5.82 Å². The highest BCUT2D eigenvalue weighted by molar-refractivity contribution is 5.85. The molecule has 0 spiro atoms. The van der Waals surface area contributed by atoms with Crippen LogP contribution in [0.4, 0.5) is 4.39 Å². The Morgan fingerprint density at radius 1 is 1.10 bits per heavy atom. The molecule has 1 aliphatic carbocycles. The topological polar surface area (TPSA) is 75.2 Å². The van der Waals surface area contributed by atoms with E-state index in [1.54, 1.807) is 37.1 Å². The SMILES string of the molecule is COc1ccccc1Cc1nc([C@H]2CC[C@@H](N)[C@H](OC)C2)n(-c2ccccc2F)n1.Cl. The Labute approximate surface area is 188 Å². The van der Waals surface area contributed by atoms with E-state index in [1.165, 1.54) is 6.07 Å². The third kappa shape index (κ3) is 4.89. The van der Waals surface area contributed by atoms with Crippen molar-refractivity contribution >= 4 is 12.4 Å². The first-order valence-corrected chi connectivity index (χ1v) is 10.2. The van der Waals surface area contributed by atoms with Crippen molar-refractivity contribution in [1.29, 1.82) is 0 Å². The second-order valence-corrected chi connectivity index (χ2v) is 7.69. The van der Waals surface area contributed by atoms with Gasteiger partial charge in [-0.2, -0.15) is 5.10 Å². The first-order chi connectivity index (χ1) is 14.6. The Balaban J connectivity index is 0.00000272. The molecule has 166 valence electrons. The van der Waals surface area contributed by atoms with Gasteiger partial charge in [-0.25, -0.2) is 14.1 Å². The largest absolute Gasteiger partial charge is 0.496 e. The summed E-state index contributed by atoms with van der Waals surface area (Å²) in [6.07, 6.45) is 2.88. The molecule has 1 saturated carbocycles. The predicted octanol–water partition coefficient (Wildman–Crippen LogP) is 4.04. The van der Waals surface area contributed by atoms with Crippen LogP contribution in [0.5, 0.6) is 5.75 Å². The van der Waals surface area contributed by atoms with Gasteiger partial charge in [0.2, 0.25) is 0 Å². The van der Waals surface area contributed by atoms with Gasteiger partial charge in [-0.05, 0) is 37.5 Å². The molecule has 4 rings (SSSR count). The highest BCUT2D eigenvalue weighted by Crippen LogP contribution is 2.34. The van der Waals surface area contributed by atoms with Crippen molar-refractivity contribution in [3.63, 3.8) is 0 Å². The second kappa shape index (κ2) is 10.2. The fourth-order valence-corrected chi connectivity index (χ4v) is 4.19. The van der Waals surface area contributed by atoms with Gasteiger partial charge < -0.3 is 15.2 Å². The molecular formula is C23H28ClFN4O2. The normalized spacial score (nSPS) is 20.8. The van der Waals surface area contributed by atoms with Gasteiger partial charge in [-0.1, -0.05) is 30.3 Å². The van der Waals surface area contributed by atoms with Crippen molar-refractivity contribution in [2.75, 3.05) is 14.2 Å². The molecule has 2 N–H and O–H groups in total. The van der Waals surface area contributed by atoms with Gasteiger partial charge >= 0.3 is 0 Å². The molecule has 6 nitrogen and oxygen atoms in total. The van der Waals surface area contributed by atoms with Crippen LogP contribution in [-0.2, 0) is 11.2 Å². The molecular weight excluding hydrogens is 419 g/mol. The van der Waals surface area contributed by atoms with E-state index in [4.69, 9.17) is 25.3 Å². The highest BCUT2D eigenvalue weighted by atomic mass is 35.5. The van der Waals surface area contributed by atoms with Crippen LogP contribution in [0.3, 0.4) is 0 Å². The maximum atomic E-state index is 14.6. The molecule has 2 aromatic carbocycles. The van der Waals surface area contributed by atoms with E-state index in [0.29, 0.717) is 17.9 Å². The Morgan fingerprint density at radius 2 is 1.84 bits per heavy atom. The van der Waals surface area contributed by atoms with Gasteiger partial charge in [0.1, 0.15) is 23.1 Å². The zero-order valence-corrected chi connectivity index (χ0v) is 18.5. The molecule has 1 fully saturated rings. The summed E-state index contributed by atoms with van der Waals surface area (Å²) in [7, 11) is 3.33. The summed E-state index contributed by atoms with van der Waals surface area (Å²) >= 11 is 0. The van der Waals surface area contributed by atoms with Crippen LogP contribution < -0.4 is 10.5 Å². The molecule has 0 radical (unpaired) electrons. The lowest BCUT2D eigenvalue weighted by Gasteiger charge is -2.32. The summed E-state index contributed by atoms with van der Waals surface area (Å²) in [4.78, 5) is 4.85. The van der Waals surface area contributed by atoms with Gasteiger partial charge in [-0.3, -0.25) is 0 Å². The van der Waals surface area contributed by atoms with E-state index < -0.39 is 0 Å². The Morgan fingerprint density at radius 3 is 2.58 bits per heavy atom. The van der Waals surface area contributed by atoms with Crippen LogP contribution in [0.1, 0.15) is 42.4 Å². The fraction of sp³-hybridized carbons (Fsp3) is 0.391. The molecule has 0 saturated heterocycles. The fourth-order valence-electron chi connectivity index (χ4n) is 4.19. The van der Waals surface area contributed by atoms with E-state index in [2.05, 4.69) is 0 Å². The van der Waals surface area contributed by atoms with Crippen molar-refractivity contribution < 1.29 is 13.9 Å². The molecule has 1 aromatic heterocycles. The van der Waals surface area contributed by atoms with Crippen molar-refractivity contribution in [3.8, 4) is 11.4 Å². The lowest BCUT2D eigenvalue weighted by atomic mass is 9.83. The molecule has 3 atom stereocenters. The zero-order chi connectivity index (χ0) is 21.1. The maximum Gasteiger partial charge on any atom is 0.155 e. The molecule has 0 unspecified atom stereocenters. The first-order valence-electron chi connectivity index (χ1n) is 10.2. The van der Waals surface area contributed by atoms with Crippen LogP contribution in [-0.4, -0.2) is 41.1 Å². The minimum atomic E-state index is -0.330. The van der Waals surface area contributed by atoms with Crippen LogP contribution >= 0.6 is 12.4 Å².